The van der Waals surface area contributed by atoms with Gasteiger partial charge in [-0.15, -0.1) is 11.3 Å². The van der Waals surface area contributed by atoms with Gasteiger partial charge < -0.3 is 15.1 Å². The molecular formula is C31H33F3N6O3S2. The fraction of sp³-hybridized carbons (Fsp3) is 0.516. The van der Waals surface area contributed by atoms with Crippen molar-refractivity contribution in [2.45, 2.75) is 73.6 Å². The highest BCUT2D eigenvalue weighted by atomic mass is 32.2. The van der Waals surface area contributed by atoms with E-state index in [-0.39, 0.29) is 38.9 Å². The predicted molar refractivity (Wildman–Crippen MR) is 165 cm³/mol. The highest BCUT2D eigenvalue weighted by Crippen LogP contribution is 2.47. The molecule has 0 radical (unpaired) electrons. The van der Waals surface area contributed by atoms with E-state index in [1.165, 1.54) is 23.8 Å². The second kappa shape index (κ2) is 10.4. The number of aromatic nitrogens is 2. The zero-order valence-corrected chi connectivity index (χ0v) is 26.3. The normalized spacial score (nSPS) is 24.9. The number of anilines is 3. The van der Waals surface area contributed by atoms with Crippen molar-refractivity contribution in [3.05, 3.63) is 46.5 Å². The van der Waals surface area contributed by atoms with Gasteiger partial charge in [-0.25, -0.2) is 18.4 Å². The van der Waals surface area contributed by atoms with Crippen LogP contribution in [0.2, 0.25) is 0 Å². The molecule has 2 saturated carbocycles. The Morgan fingerprint density at radius 3 is 2.38 bits per heavy atom. The Balaban J connectivity index is 1.14. The van der Waals surface area contributed by atoms with Crippen molar-refractivity contribution < 1.29 is 26.4 Å². The summed E-state index contributed by atoms with van der Waals surface area (Å²) < 4.78 is 68.9. The first-order chi connectivity index (χ1) is 21.5. The number of alkyl halides is 3. The summed E-state index contributed by atoms with van der Waals surface area (Å²) in [5.74, 6) is -0.392. The van der Waals surface area contributed by atoms with Crippen LogP contribution in [0.3, 0.4) is 0 Å². The Labute approximate surface area is 263 Å². The van der Waals surface area contributed by atoms with Gasteiger partial charge in [-0.2, -0.15) is 13.2 Å². The topological polar surface area (TPSA) is 98.7 Å². The number of sulfone groups is 1. The van der Waals surface area contributed by atoms with Crippen molar-refractivity contribution in [3.8, 4) is 10.6 Å². The number of amides is 1. The Morgan fingerprint density at radius 1 is 1.00 bits per heavy atom. The van der Waals surface area contributed by atoms with Gasteiger partial charge in [0, 0.05) is 55.3 Å². The lowest BCUT2D eigenvalue weighted by molar-refractivity contribution is -0.137. The molecule has 3 aliphatic heterocycles. The number of halogens is 3. The van der Waals surface area contributed by atoms with Crippen molar-refractivity contribution in [1.29, 1.82) is 0 Å². The lowest BCUT2D eigenvalue weighted by Crippen LogP contribution is -2.52. The number of carbonyl (C=O) groups is 1. The van der Waals surface area contributed by atoms with Gasteiger partial charge in [-0.05, 0) is 81.3 Å². The summed E-state index contributed by atoms with van der Waals surface area (Å²) in [6.07, 6.45) is 1.99. The van der Waals surface area contributed by atoms with Gasteiger partial charge in [0.15, 0.2) is 9.84 Å². The zero-order valence-electron chi connectivity index (χ0n) is 24.7. The minimum atomic E-state index is -4.79. The van der Waals surface area contributed by atoms with E-state index in [9.17, 15) is 26.4 Å². The summed E-state index contributed by atoms with van der Waals surface area (Å²) in [5, 5.41) is 3.17. The number of rotatable bonds is 6. The molecule has 1 N–H and O–H groups in total. The van der Waals surface area contributed by atoms with Crippen LogP contribution in [0.25, 0.3) is 10.6 Å². The quantitative estimate of drug-likeness (QED) is 0.370. The third-order valence-corrected chi connectivity index (χ3v) is 12.9. The molecule has 45 heavy (non-hydrogen) atoms. The third kappa shape index (κ3) is 5.28. The summed E-state index contributed by atoms with van der Waals surface area (Å²) >= 11 is 0.750. The van der Waals surface area contributed by atoms with E-state index in [0.29, 0.717) is 18.0 Å². The number of thiophene rings is 1. The van der Waals surface area contributed by atoms with E-state index in [0.717, 1.165) is 73.2 Å². The van der Waals surface area contributed by atoms with Crippen LogP contribution in [-0.4, -0.2) is 84.7 Å². The predicted octanol–water partition coefficient (Wildman–Crippen LogP) is 5.52. The van der Waals surface area contributed by atoms with Gasteiger partial charge in [0.05, 0.1) is 21.2 Å². The largest absolute Gasteiger partial charge is 0.420 e. The molecule has 2 bridgehead atoms. The average Bonchev–Trinajstić information content (AvgIpc) is 3.93. The van der Waals surface area contributed by atoms with E-state index in [1.807, 2.05) is 12.1 Å². The van der Waals surface area contributed by atoms with Crippen molar-refractivity contribution in [2.75, 3.05) is 42.7 Å². The fourth-order valence-electron chi connectivity index (χ4n) is 7.04. The standard InChI is InChI=1S/C31H33F3N6O3S2/c1-38-20-6-7-21(38)16-39(15-20)19-8-9-24(22(12-19)17-2-3-17)36-30-35-14-23(31(32,33)34)27(37-30)25-13-26-28(44-25)29(41)40(18-4-5-18)10-11-45(26,42)43/h8-9,12-14,17-18,20-21H,2-7,10-11,15-16H2,1H3,(H,35,36,37). The Hall–Kier alpha value is -3.23. The molecule has 5 heterocycles. The molecule has 0 spiro atoms. The maximum atomic E-state index is 14.2. The number of hydrogen-bond donors (Lipinski definition) is 1. The second-order valence-electron chi connectivity index (χ2n) is 12.9. The fourth-order valence-corrected chi connectivity index (χ4v) is 9.96. The molecule has 3 aromatic rings. The summed E-state index contributed by atoms with van der Waals surface area (Å²) in [5.41, 5.74) is 1.44. The number of hydrogen-bond acceptors (Lipinski definition) is 9. The number of benzene rings is 1. The number of nitrogens with one attached hydrogen (secondary N) is 1. The van der Waals surface area contributed by atoms with E-state index < -0.39 is 33.2 Å². The van der Waals surface area contributed by atoms with Gasteiger partial charge in [0.1, 0.15) is 10.4 Å². The first-order valence-corrected chi connectivity index (χ1v) is 17.9. The van der Waals surface area contributed by atoms with E-state index in [2.05, 4.69) is 38.2 Å². The Bertz CT molecular complexity index is 1790. The molecule has 14 heteroatoms. The molecule has 1 amide bonds. The summed E-state index contributed by atoms with van der Waals surface area (Å²) in [4.78, 5) is 27.8. The molecule has 2 atom stereocenters. The molecule has 2 aromatic heterocycles. The molecule has 4 fully saturated rings. The van der Waals surface area contributed by atoms with Crippen LogP contribution in [0.4, 0.5) is 30.5 Å². The molecule has 9 nitrogen and oxygen atoms in total. The molecule has 5 aliphatic rings. The number of carbonyl (C=O) groups excluding carboxylic acids is 1. The van der Waals surface area contributed by atoms with Crippen molar-refractivity contribution in [1.82, 2.24) is 19.8 Å². The van der Waals surface area contributed by atoms with Crippen LogP contribution in [0, 0.1) is 0 Å². The molecular weight excluding hydrogens is 626 g/mol. The van der Waals surface area contributed by atoms with Crippen LogP contribution in [0.15, 0.2) is 35.4 Å². The third-order valence-electron chi connectivity index (χ3n) is 9.92. The van der Waals surface area contributed by atoms with Crippen molar-refractivity contribution >= 4 is 44.4 Å². The summed E-state index contributed by atoms with van der Waals surface area (Å²) in [6, 6.07) is 8.42. The van der Waals surface area contributed by atoms with Gasteiger partial charge >= 0.3 is 6.18 Å². The number of likely N-dealkylation sites (N-methyl/N-ethyl adjacent to an activating group) is 1. The molecule has 2 unspecified atom stereocenters. The van der Waals surface area contributed by atoms with Crippen LogP contribution in [0.1, 0.15) is 65.2 Å². The lowest BCUT2D eigenvalue weighted by atomic mass is 10.1. The monoisotopic (exact) mass is 658 g/mol. The highest BCUT2D eigenvalue weighted by molar-refractivity contribution is 7.91. The maximum absolute atomic E-state index is 14.2. The average molecular weight is 659 g/mol. The smallest absolute Gasteiger partial charge is 0.368 e. The molecule has 1 aromatic carbocycles. The SMILES string of the molecule is CN1C2CCC1CN(c1ccc(Nc3ncc(C(F)(F)F)c(-c4cc5c(s4)C(=O)N(C4CC4)CCS5(=O)=O)n3)c(C3CC3)c1)C2. The van der Waals surface area contributed by atoms with E-state index in [4.69, 9.17) is 0 Å². The van der Waals surface area contributed by atoms with Gasteiger partial charge in [0.2, 0.25) is 5.95 Å². The highest BCUT2D eigenvalue weighted by Gasteiger charge is 2.42. The number of fused-ring (bicyclic) bond motifs is 3. The number of nitrogens with zero attached hydrogens (tertiary/aromatic N) is 5. The van der Waals surface area contributed by atoms with E-state index in [1.54, 1.807) is 0 Å². The number of piperazine rings is 1. The first kappa shape index (κ1) is 29.2. The molecule has 8 rings (SSSR count). The van der Waals surface area contributed by atoms with Gasteiger partial charge in [-0.3, -0.25) is 9.69 Å². The molecule has 2 saturated heterocycles. The van der Waals surface area contributed by atoms with E-state index >= 15 is 0 Å². The molecule has 2 aliphatic carbocycles. The Kier molecular flexibility index (Phi) is 6.74. The maximum Gasteiger partial charge on any atom is 0.420 e. The van der Waals surface area contributed by atoms with Gasteiger partial charge in [-0.1, -0.05) is 0 Å². The van der Waals surface area contributed by atoms with Crippen LogP contribution >= 0.6 is 11.3 Å². The summed E-state index contributed by atoms with van der Waals surface area (Å²) in [6.45, 7) is 2.02. The van der Waals surface area contributed by atoms with Gasteiger partial charge in [0.25, 0.3) is 5.91 Å². The second-order valence-corrected chi connectivity index (χ2v) is 16.1. The van der Waals surface area contributed by atoms with Crippen LogP contribution < -0.4 is 10.2 Å². The summed E-state index contributed by atoms with van der Waals surface area (Å²) in [7, 11) is -1.67. The van der Waals surface area contributed by atoms with Crippen molar-refractivity contribution in [3.63, 3.8) is 0 Å². The molecule has 238 valence electrons. The Morgan fingerprint density at radius 2 is 1.71 bits per heavy atom. The lowest BCUT2D eigenvalue weighted by Gasteiger charge is -2.40. The minimum Gasteiger partial charge on any atom is -0.368 e. The van der Waals surface area contributed by atoms with Crippen molar-refractivity contribution in [2.24, 2.45) is 0 Å². The minimum absolute atomic E-state index is 0.0248. The zero-order chi connectivity index (χ0) is 31.2. The first-order valence-electron chi connectivity index (χ1n) is 15.5. The van der Waals surface area contributed by atoms with Crippen LogP contribution in [-0.2, 0) is 16.0 Å². The van der Waals surface area contributed by atoms with Crippen LogP contribution in [0.5, 0.6) is 0 Å².